The predicted octanol–water partition coefficient (Wildman–Crippen LogP) is 2.28. The van der Waals surface area contributed by atoms with Crippen molar-refractivity contribution in [1.82, 2.24) is 15.0 Å². The van der Waals surface area contributed by atoms with Crippen molar-refractivity contribution in [2.75, 3.05) is 40.4 Å². The SMILES string of the molecule is COc1ccc(OC)c(CCC(=O)N2CCN(Cc3cc(C)no3)CC2)c1. The lowest BCUT2D eigenvalue weighted by Crippen LogP contribution is -2.48. The third kappa shape index (κ3) is 5.01. The van der Waals surface area contributed by atoms with E-state index in [0.29, 0.717) is 12.8 Å². The molecule has 2 aromatic rings. The Hall–Kier alpha value is -2.54. The van der Waals surface area contributed by atoms with Gasteiger partial charge in [0.05, 0.1) is 26.5 Å². The van der Waals surface area contributed by atoms with Crippen molar-refractivity contribution in [3.63, 3.8) is 0 Å². The fraction of sp³-hybridized carbons (Fsp3) is 0.500. The summed E-state index contributed by atoms with van der Waals surface area (Å²) in [7, 11) is 3.28. The molecule has 7 heteroatoms. The van der Waals surface area contributed by atoms with Gasteiger partial charge in [0, 0.05) is 38.7 Å². The number of rotatable bonds is 7. The maximum Gasteiger partial charge on any atom is 0.222 e. The first-order chi connectivity index (χ1) is 13.1. The molecule has 1 fully saturated rings. The van der Waals surface area contributed by atoms with E-state index in [0.717, 1.165) is 61.2 Å². The number of carbonyl (C=O) groups is 1. The van der Waals surface area contributed by atoms with Crippen LogP contribution in [0, 0.1) is 6.92 Å². The molecule has 1 aliphatic heterocycles. The van der Waals surface area contributed by atoms with Crippen LogP contribution in [0.15, 0.2) is 28.8 Å². The molecule has 0 spiro atoms. The fourth-order valence-corrected chi connectivity index (χ4v) is 3.34. The largest absolute Gasteiger partial charge is 0.497 e. The molecule has 1 aliphatic rings. The summed E-state index contributed by atoms with van der Waals surface area (Å²) in [6.45, 7) is 5.81. The molecule has 3 rings (SSSR count). The van der Waals surface area contributed by atoms with Crippen LogP contribution in [0.2, 0.25) is 0 Å². The number of aromatic nitrogens is 1. The van der Waals surface area contributed by atoms with Crippen LogP contribution in [0.3, 0.4) is 0 Å². The number of aryl methyl sites for hydroxylation is 2. The van der Waals surface area contributed by atoms with Crippen LogP contribution in [0.1, 0.15) is 23.4 Å². The highest BCUT2D eigenvalue weighted by Crippen LogP contribution is 2.25. The van der Waals surface area contributed by atoms with E-state index in [9.17, 15) is 4.79 Å². The molecule has 0 unspecified atom stereocenters. The molecule has 0 saturated carbocycles. The third-order valence-electron chi connectivity index (χ3n) is 4.88. The van der Waals surface area contributed by atoms with Gasteiger partial charge in [-0.15, -0.1) is 0 Å². The Bertz CT molecular complexity index is 766. The maximum atomic E-state index is 12.6. The molecule has 7 nitrogen and oxygen atoms in total. The minimum absolute atomic E-state index is 0.176. The number of methoxy groups -OCH3 is 2. The van der Waals surface area contributed by atoms with Crippen LogP contribution >= 0.6 is 0 Å². The van der Waals surface area contributed by atoms with Gasteiger partial charge in [-0.25, -0.2) is 0 Å². The number of nitrogens with zero attached hydrogens (tertiary/aromatic N) is 3. The normalized spacial score (nSPS) is 15.0. The molecule has 2 heterocycles. The second kappa shape index (κ2) is 8.90. The second-order valence-corrected chi connectivity index (χ2v) is 6.77. The summed E-state index contributed by atoms with van der Waals surface area (Å²) in [5.74, 6) is 2.61. The van der Waals surface area contributed by atoms with Gasteiger partial charge >= 0.3 is 0 Å². The van der Waals surface area contributed by atoms with Gasteiger partial charge in [-0.1, -0.05) is 5.16 Å². The van der Waals surface area contributed by atoms with Gasteiger partial charge in [0.1, 0.15) is 11.5 Å². The molecular formula is C20H27N3O4. The molecule has 0 radical (unpaired) electrons. The Morgan fingerprint density at radius 1 is 1.15 bits per heavy atom. The molecular weight excluding hydrogens is 346 g/mol. The van der Waals surface area contributed by atoms with Crippen LogP contribution in [-0.4, -0.2) is 61.3 Å². The van der Waals surface area contributed by atoms with Crippen LogP contribution in [0.4, 0.5) is 0 Å². The van der Waals surface area contributed by atoms with Crippen molar-refractivity contribution in [2.45, 2.75) is 26.3 Å². The van der Waals surface area contributed by atoms with E-state index in [4.69, 9.17) is 14.0 Å². The highest BCUT2D eigenvalue weighted by molar-refractivity contribution is 5.76. The molecule has 0 atom stereocenters. The predicted molar refractivity (Wildman–Crippen MR) is 101 cm³/mol. The highest BCUT2D eigenvalue weighted by atomic mass is 16.5. The van der Waals surface area contributed by atoms with E-state index in [-0.39, 0.29) is 5.91 Å². The van der Waals surface area contributed by atoms with Gasteiger partial charge in [0.15, 0.2) is 5.76 Å². The smallest absolute Gasteiger partial charge is 0.222 e. The average molecular weight is 373 g/mol. The maximum absolute atomic E-state index is 12.6. The van der Waals surface area contributed by atoms with Crippen LogP contribution < -0.4 is 9.47 Å². The fourth-order valence-electron chi connectivity index (χ4n) is 3.34. The van der Waals surface area contributed by atoms with Crippen LogP contribution in [-0.2, 0) is 17.8 Å². The van der Waals surface area contributed by atoms with Crippen molar-refractivity contribution < 1.29 is 18.8 Å². The van der Waals surface area contributed by atoms with E-state index in [1.165, 1.54) is 0 Å². The Morgan fingerprint density at radius 3 is 2.56 bits per heavy atom. The van der Waals surface area contributed by atoms with E-state index >= 15 is 0 Å². The summed E-state index contributed by atoms with van der Waals surface area (Å²) in [5, 5.41) is 3.92. The minimum atomic E-state index is 0.176. The zero-order valence-corrected chi connectivity index (χ0v) is 16.2. The van der Waals surface area contributed by atoms with Crippen LogP contribution in [0.25, 0.3) is 0 Å². The number of ether oxygens (including phenoxy) is 2. The van der Waals surface area contributed by atoms with Gasteiger partial charge in [0.25, 0.3) is 0 Å². The number of piperazine rings is 1. The van der Waals surface area contributed by atoms with E-state index in [2.05, 4.69) is 10.1 Å². The molecule has 1 aromatic heterocycles. The van der Waals surface area contributed by atoms with Crippen molar-refractivity contribution >= 4 is 5.91 Å². The van der Waals surface area contributed by atoms with Gasteiger partial charge < -0.3 is 18.9 Å². The Labute approximate surface area is 159 Å². The zero-order valence-electron chi connectivity index (χ0n) is 16.2. The molecule has 27 heavy (non-hydrogen) atoms. The topological polar surface area (TPSA) is 68.0 Å². The lowest BCUT2D eigenvalue weighted by molar-refractivity contribution is -0.133. The van der Waals surface area contributed by atoms with Gasteiger partial charge in [-0.05, 0) is 37.1 Å². The summed E-state index contributed by atoms with van der Waals surface area (Å²) in [4.78, 5) is 16.8. The van der Waals surface area contributed by atoms with Crippen molar-refractivity contribution in [1.29, 1.82) is 0 Å². The number of hydrogen-bond donors (Lipinski definition) is 0. The molecule has 1 aromatic carbocycles. The summed E-state index contributed by atoms with van der Waals surface area (Å²) >= 11 is 0. The van der Waals surface area contributed by atoms with Gasteiger partial charge in [-0.2, -0.15) is 0 Å². The summed E-state index contributed by atoms with van der Waals surface area (Å²) < 4.78 is 15.9. The molecule has 1 saturated heterocycles. The summed E-state index contributed by atoms with van der Waals surface area (Å²) in [6.07, 6.45) is 1.10. The lowest BCUT2D eigenvalue weighted by Gasteiger charge is -2.34. The van der Waals surface area contributed by atoms with E-state index in [1.807, 2.05) is 36.1 Å². The van der Waals surface area contributed by atoms with E-state index < -0.39 is 0 Å². The highest BCUT2D eigenvalue weighted by Gasteiger charge is 2.22. The van der Waals surface area contributed by atoms with E-state index in [1.54, 1.807) is 14.2 Å². The molecule has 1 amide bonds. The molecule has 0 bridgehead atoms. The lowest BCUT2D eigenvalue weighted by atomic mass is 10.1. The Morgan fingerprint density at radius 2 is 1.93 bits per heavy atom. The Balaban J connectivity index is 1.48. The standard InChI is InChI=1S/C20H27N3O4/c1-15-12-18(27-21-15)14-22-8-10-23(11-9-22)20(24)7-4-16-13-17(25-2)5-6-19(16)26-3/h5-6,12-13H,4,7-11,14H2,1-3H3. The quantitative estimate of drug-likeness (QED) is 0.742. The first-order valence-electron chi connectivity index (χ1n) is 9.22. The molecule has 0 aliphatic carbocycles. The summed E-state index contributed by atoms with van der Waals surface area (Å²) in [5.41, 5.74) is 1.89. The Kier molecular flexibility index (Phi) is 6.34. The first-order valence-corrected chi connectivity index (χ1v) is 9.22. The number of amides is 1. The monoisotopic (exact) mass is 373 g/mol. The number of carbonyl (C=O) groups excluding carboxylic acids is 1. The van der Waals surface area contributed by atoms with Crippen molar-refractivity contribution in [3.05, 3.63) is 41.3 Å². The van der Waals surface area contributed by atoms with Crippen molar-refractivity contribution in [2.24, 2.45) is 0 Å². The van der Waals surface area contributed by atoms with Crippen molar-refractivity contribution in [3.8, 4) is 11.5 Å². The van der Waals surface area contributed by atoms with Crippen LogP contribution in [0.5, 0.6) is 11.5 Å². The molecule has 0 N–H and O–H groups in total. The second-order valence-electron chi connectivity index (χ2n) is 6.77. The molecule has 146 valence electrons. The average Bonchev–Trinajstić information content (AvgIpc) is 3.11. The zero-order chi connectivity index (χ0) is 19.2. The summed E-state index contributed by atoms with van der Waals surface area (Å²) in [6, 6.07) is 7.63. The van der Waals surface area contributed by atoms with Gasteiger partial charge in [-0.3, -0.25) is 9.69 Å². The minimum Gasteiger partial charge on any atom is -0.497 e. The number of hydrogen-bond acceptors (Lipinski definition) is 6. The first kappa shape index (κ1) is 19.2. The van der Waals surface area contributed by atoms with Gasteiger partial charge in [0.2, 0.25) is 5.91 Å². The third-order valence-corrected chi connectivity index (χ3v) is 4.88. The number of benzene rings is 1.